The number of esters is 1. The van der Waals surface area contributed by atoms with Crippen molar-refractivity contribution in [3.8, 4) is 0 Å². The lowest BCUT2D eigenvalue weighted by Crippen LogP contribution is -2.38. The monoisotopic (exact) mass is 340 g/mol. The van der Waals surface area contributed by atoms with Crippen molar-refractivity contribution in [3.63, 3.8) is 0 Å². The Morgan fingerprint density at radius 3 is 2.35 bits per heavy atom. The van der Waals surface area contributed by atoms with E-state index in [2.05, 4.69) is 0 Å². The van der Waals surface area contributed by atoms with Gasteiger partial charge in [-0.25, -0.2) is 0 Å². The molecule has 5 nitrogen and oxygen atoms in total. The third kappa shape index (κ3) is 5.32. The summed E-state index contributed by atoms with van der Waals surface area (Å²) in [5.41, 5.74) is 1.54. The molecule has 0 bridgehead atoms. The van der Waals surface area contributed by atoms with Crippen molar-refractivity contribution >= 4 is 16.1 Å². The van der Waals surface area contributed by atoms with Crippen LogP contribution >= 0.6 is 0 Å². The molecule has 23 heavy (non-hydrogen) atoms. The van der Waals surface area contributed by atoms with E-state index in [0.717, 1.165) is 17.4 Å². The minimum atomic E-state index is -3.65. The highest BCUT2D eigenvalue weighted by Crippen LogP contribution is 2.29. The Labute approximate surface area is 138 Å². The van der Waals surface area contributed by atoms with Crippen LogP contribution in [-0.4, -0.2) is 32.3 Å². The fourth-order valence-electron chi connectivity index (χ4n) is 2.82. The van der Waals surface area contributed by atoms with Gasteiger partial charge in [0, 0.05) is 0 Å². The first-order valence-corrected chi connectivity index (χ1v) is 9.55. The van der Waals surface area contributed by atoms with Gasteiger partial charge < -0.3 is 4.74 Å². The molecule has 0 heterocycles. The zero-order chi connectivity index (χ0) is 17.3. The van der Waals surface area contributed by atoms with Crippen LogP contribution in [0.5, 0.6) is 0 Å². The quantitative estimate of drug-likeness (QED) is 0.480. The van der Waals surface area contributed by atoms with Crippen molar-refractivity contribution in [2.24, 2.45) is 5.92 Å². The smallest absolute Gasteiger partial charge is 0.312 e. The highest BCUT2D eigenvalue weighted by molar-refractivity contribution is 7.86. The second kappa shape index (κ2) is 6.61. The molecule has 2 rings (SSSR count). The van der Waals surface area contributed by atoms with Crippen molar-refractivity contribution in [2.75, 3.05) is 6.26 Å². The number of carbonyl (C=O) groups is 1. The lowest BCUT2D eigenvalue weighted by Gasteiger charge is -2.27. The number of hydrogen-bond acceptors (Lipinski definition) is 5. The van der Waals surface area contributed by atoms with E-state index in [9.17, 15) is 13.2 Å². The van der Waals surface area contributed by atoms with Crippen molar-refractivity contribution < 1.29 is 22.1 Å². The van der Waals surface area contributed by atoms with Crippen LogP contribution in [0, 0.1) is 5.92 Å². The lowest BCUT2D eigenvalue weighted by molar-refractivity contribution is -0.163. The number of hydrogen-bond donors (Lipinski definition) is 0. The molecular formula is C17H24O5S. The molecule has 0 N–H and O–H groups in total. The molecule has 0 unspecified atom stereocenters. The molecule has 1 aliphatic carbocycles. The summed E-state index contributed by atoms with van der Waals surface area (Å²) in [6.07, 6.45) is 1.87. The minimum absolute atomic E-state index is 0.414. The molecule has 0 aliphatic heterocycles. The fraction of sp³-hybridized carbons (Fsp3) is 0.588. The average Bonchev–Trinajstić information content (AvgIpc) is 2.55. The highest BCUT2D eigenvalue weighted by Gasteiger charge is 2.37. The van der Waals surface area contributed by atoms with E-state index >= 15 is 0 Å². The van der Waals surface area contributed by atoms with E-state index in [4.69, 9.17) is 8.92 Å². The maximum Gasteiger partial charge on any atom is 0.312 e. The Morgan fingerprint density at radius 2 is 1.78 bits per heavy atom. The van der Waals surface area contributed by atoms with E-state index in [1.54, 1.807) is 20.8 Å². The molecule has 0 saturated carbocycles. The first-order valence-electron chi connectivity index (χ1n) is 7.73. The number of benzene rings is 1. The van der Waals surface area contributed by atoms with Crippen molar-refractivity contribution in [3.05, 3.63) is 35.4 Å². The molecule has 0 spiro atoms. The van der Waals surface area contributed by atoms with E-state index in [-0.39, 0.29) is 0 Å². The Kier molecular flexibility index (Phi) is 5.16. The third-order valence-corrected chi connectivity index (χ3v) is 4.31. The van der Waals surface area contributed by atoms with E-state index in [1.165, 1.54) is 0 Å². The number of fused-ring (bicyclic) bond motifs is 1. The predicted octanol–water partition coefficient (Wildman–Crippen LogP) is 2.48. The van der Waals surface area contributed by atoms with Gasteiger partial charge in [0.1, 0.15) is 5.60 Å². The second-order valence-electron chi connectivity index (χ2n) is 6.99. The van der Waals surface area contributed by atoms with Crippen LogP contribution in [0.3, 0.4) is 0 Å². The molecule has 1 aromatic rings. The van der Waals surface area contributed by atoms with E-state index in [1.807, 2.05) is 24.3 Å². The summed E-state index contributed by atoms with van der Waals surface area (Å²) in [5, 5.41) is 0. The third-order valence-electron chi connectivity index (χ3n) is 3.71. The molecule has 6 heteroatoms. The highest BCUT2D eigenvalue weighted by atomic mass is 32.2. The topological polar surface area (TPSA) is 69.7 Å². The van der Waals surface area contributed by atoms with Gasteiger partial charge in [0.05, 0.1) is 18.3 Å². The van der Waals surface area contributed by atoms with Gasteiger partial charge in [-0.15, -0.1) is 0 Å². The van der Waals surface area contributed by atoms with Crippen LogP contribution in [0.25, 0.3) is 0 Å². The first-order chi connectivity index (χ1) is 10.6. The molecule has 128 valence electrons. The van der Waals surface area contributed by atoms with Crippen molar-refractivity contribution in [1.82, 2.24) is 0 Å². The summed E-state index contributed by atoms with van der Waals surface area (Å²) in [6, 6.07) is 7.83. The molecule has 0 radical (unpaired) electrons. The number of carbonyl (C=O) groups excluding carboxylic acids is 1. The first kappa shape index (κ1) is 17.9. The van der Waals surface area contributed by atoms with Crippen LogP contribution in [0.15, 0.2) is 24.3 Å². The average molecular weight is 340 g/mol. The summed E-state index contributed by atoms with van der Waals surface area (Å²) >= 11 is 0. The maximum absolute atomic E-state index is 12.6. The molecule has 0 saturated heterocycles. The van der Waals surface area contributed by atoms with Crippen LogP contribution in [0.2, 0.25) is 0 Å². The van der Waals surface area contributed by atoms with Crippen LogP contribution < -0.4 is 0 Å². The van der Waals surface area contributed by atoms with Gasteiger partial charge in [-0.05, 0) is 51.2 Å². The predicted molar refractivity (Wildman–Crippen MR) is 87.5 cm³/mol. The molecule has 2 atom stereocenters. The number of aryl methyl sites for hydroxylation is 1. The Morgan fingerprint density at radius 1 is 1.17 bits per heavy atom. The zero-order valence-corrected chi connectivity index (χ0v) is 14.9. The fourth-order valence-corrected chi connectivity index (χ4v) is 3.50. The summed E-state index contributed by atoms with van der Waals surface area (Å²) in [4.78, 5) is 12.6. The van der Waals surface area contributed by atoms with Crippen molar-refractivity contribution in [2.45, 2.75) is 51.7 Å². The van der Waals surface area contributed by atoms with Gasteiger partial charge in [0.25, 0.3) is 10.1 Å². The van der Waals surface area contributed by atoms with Crippen LogP contribution in [-0.2, 0) is 36.7 Å². The minimum Gasteiger partial charge on any atom is -0.460 e. The maximum atomic E-state index is 12.6. The number of ether oxygens (including phenoxy) is 1. The molecule has 0 amide bonds. The summed E-state index contributed by atoms with van der Waals surface area (Å²) in [7, 11) is -3.65. The zero-order valence-electron chi connectivity index (χ0n) is 14.0. The standard InChI is InChI=1S/C17H24O5S/c1-17(2,3)21-16(18)14-11-13-8-6-5-7-12(13)9-10-15(14)22-23(4,19)20/h5-8,14-15H,9-11H2,1-4H3/t14-,15+/m1/s1. The van der Waals surface area contributed by atoms with Gasteiger partial charge in [0.15, 0.2) is 0 Å². The van der Waals surface area contributed by atoms with Gasteiger partial charge in [-0.1, -0.05) is 24.3 Å². The Balaban J connectivity index is 2.31. The lowest BCUT2D eigenvalue weighted by atomic mass is 9.94. The van der Waals surface area contributed by atoms with E-state index in [0.29, 0.717) is 19.3 Å². The SMILES string of the molecule is CC(C)(C)OC(=O)[C@@H]1Cc2ccccc2CC[C@@H]1OS(C)(=O)=O. The van der Waals surface area contributed by atoms with Crippen molar-refractivity contribution in [1.29, 1.82) is 0 Å². The summed E-state index contributed by atoms with van der Waals surface area (Å²) in [6.45, 7) is 5.38. The second-order valence-corrected chi connectivity index (χ2v) is 8.59. The normalized spacial score (nSPS) is 22.1. The van der Waals surface area contributed by atoms with Gasteiger partial charge in [-0.3, -0.25) is 8.98 Å². The largest absolute Gasteiger partial charge is 0.460 e. The van der Waals surface area contributed by atoms with Gasteiger partial charge in [-0.2, -0.15) is 8.42 Å². The molecular weight excluding hydrogens is 316 g/mol. The van der Waals surface area contributed by atoms with E-state index < -0.39 is 33.7 Å². The molecule has 1 aromatic carbocycles. The molecule has 0 fully saturated rings. The van der Waals surface area contributed by atoms with Crippen LogP contribution in [0.4, 0.5) is 0 Å². The Bertz CT molecular complexity index is 672. The summed E-state index contributed by atoms with van der Waals surface area (Å²) in [5.74, 6) is -1.05. The summed E-state index contributed by atoms with van der Waals surface area (Å²) < 4.78 is 33.8. The molecule has 0 aromatic heterocycles. The van der Waals surface area contributed by atoms with Crippen LogP contribution in [0.1, 0.15) is 38.3 Å². The van der Waals surface area contributed by atoms with Gasteiger partial charge in [0.2, 0.25) is 0 Å². The number of rotatable bonds is 3. The molecule has 1 aliphatic rings. The van der Waals surface area contributed by atoms with Gasteiger partial charge >= 0.3 is 5.97 Å². The Hall–Kier alpha value is -1.40.